The van der Waals surface area contributed by atoms with Crippen LogP contribution in [0.2, 0.25) is 0 Å². The van der Waals surface area contributed by atoms with Crippen molar-refractivity contribution < 1.29 is 9.52 Å². The SMILES string of the molecule is OC1(Cc2ccoc2)C=CCCC1. The van der Waals surface area contributed by atoms with Gasteiger partial charge in [0.15, 0.2) is 0 Å². The van der Waals surface area contributed by atoms with Crippen molar-refractivity contribution in [2.24, 2.45) is 0 Å². The van der Waals surface area contributed by atoms with Gasteiger partial charge < -0.3 is 9.52 Å². The molecule has 1 aromatic rings. The molecular weight excluding hydrogens is 164 g/mol. The van der Waals surface area contributed by atoms with Crippen LogP contribution in [0, 0.1) is 0 Å². The standard InChI is InChI=1S/C11H14O2/c12-11(5-2-1-3-6-11)8-10-4-7-13-9-10/h2,4-5,7,9,12H,1,3,6,8H2. The van der Waals surface area contributed by atoms with Crippen LogP contribution in [0.4, 0.5) is 0 Å². The van der Waals surface area contributed by atoms with Crippen LogP contribution in [0.5, 0.6) is 0 Å². The van der Waals surface area contributed by atoms with Crippen molar-refractivity contribution in [2.45, 2.75) is 31.3 Å². The highest BCUT2D eigenvalue weighted by Crippen LogP contribution is 2.25. The topological polar surface area (TPSA) is 33.4 Å². The number of furan rings is 1. The highest BCUT2D eigenvalue weighted by molar-refractivity contribution is 5.15. The first-order valence-corrected chi connectivity index (χ1v) is 4.70. The fourth-order valence-electron chi connectivity index (χ4n) is 1.81. The lowest BCUT2D eigenvalue weighted by molar-refractivity contribution is 0.0749. The summed E-state index contributed by atoms with van der Waals surface area (Å²) in [7, 11) is 0. The molecule has 0 bridgehead atoms. The molecule has 0 saturated carbocycles. The maximum atomic E-state index is 10.1. The Labute approximate surface area is 77.9 Å². The number of hydrogen-bond acceptors (Lipinski definition) is 2. The zero-order valence-electron chi connectivity index (χ0n) is 7.57. The third kappa shape index (κ3) is 2.01. The van der Waals surface area contributed by atoms with E-state index in [1.807, 2.05) is 12.1 Å². The van der Waals surface area contributed by atoms with Gasteiger partial charge in [-0.05, 0) is 30.9 Å². The molecule has 1 unspecified atom stereocenters. The lowest BCUT2D eigenvalue weighted by Gasteiger charge is -2.26. The molecule has 0 aliphatic heterocycles. The molecule has 0 aromatic carbocycles. The average molecular weight is 178 g/mol. The fourth-order valence-corrected chi connectivity index (χ4v) is 1.81. The van der Waals surface area contributed by atoms with Crippen molar-refractivity contribution in [2.75, 3.05) is 0 Å². The van der Waals surface area contributed by atoms with E-state index in [-0.39, 0.29) is 0 Å². The van der Waals surface area contributed by atoms with Crippen LogP contribution in [0.15, 0.2) is 35.2 Å². The van der Waals surface area contributed by atoms with Crippen molar-refractivity contribution in [3.8, 4) is 0 Å². The quantitative estimate of drug-likeness (QED) is 0.705. The van der Waals surface area contributed by atoms with Crippen LogP contribution in [-0.2, 0) is 6.42 Å². The van der Waals surface area contributed by atoms with E-state index in [1.54, 1.807) is 12.5 Å². The molecule has 1 atom stereocenters. The van der Waals surface area contributed by atoms with E-state index in [0.29, 0.717) is 6.42 Å². The maximum Gasteiger partial charge on any atom is 0.0935 e. The maximum absolute atomic E-state index is 10.1. The highest BCUT2D eigenvalue weighted by Gasteiger charge is 2.25. The third-order valence-electron chi connectivity index (χ3n) is 2.50. The van der Waals surface area contributed by atoms with Gasteiger partial charge in [-0.3, -0.25) is 0 Å². The van der Waals surface area contributed by atoms with Gasteiger partial charge >= 0.3 is 0 Å². The molecule has 1 aliphatic rings. The zero-order chi connectivity index (χ0) is 9.15. The Balaban J connectivity index is 2.08. The van der Waals surface area contributed by atoms with Gasteiger partial charge in [-0.1, -0.05) is 12.2 Å². The van der Waals surface area contributed by atoms with E-state index >= 15 is 0 Å². The van der Waals surface area contributed by atoms with Crippen molar-refractivity contribution in [3.63, 3.8) is 0 Å². The van der Waals surface area contributed by atoms with Gasteiger partial charge in [0.1, 0.15) is 0 Å². The summed E-state index contributed by atoms with van der Waals surface area (Å²) in [6.45, 7) is 0. The molecular formula is C11H14O2. The minimum atomic E-state index is -0.637. The van der Waals surface area contributed by atoms with Crippen molar-refractivity contribution in [1.82, 2.24) is 0 Å². The molecule has 1 heterocycles. The molecule has 2 rings (SSSR count). The van der Waals surface area contributed by atoms with E-state index in [9.17, 15) is 5.11 Å². The lowest BCUT2D eigenvalue weighted by atomic mass is 9.86. The average Bonchev–Trinajstić information content (AvgIpc) is 2.57. The second-order valence-corrected chi connectivity index (χ2v) is 3.71. The molecule has 0 amide bonds. The van der Waals surface area contributed by atoms with Crippen molar-refractivity contribution in [1.29, 1.82) is 0 Å². The Morgan fingerprint density at radius 1 is 1.54 bits per heavy atom. The van der Waals surface area contributed by atoms with Crippen LogP contribution >= 0.6 is 0 Å². The Morgan fingerprint density at radius 2 is 2.46 bits per heavy atom. The molecule has 1 N–H and O–H groups in total. The Kier molecular flexibility index (Phi) is 2.23. The van der Waals surface area contributed by atoms with Gasteiger partial charge in [-0.15, -0.1) is 0 Å². The van der Waals surface area contributed by atoms with Gasteiger partial charge in [0, 0.05) is 6.42 Å². The van der Waals surface area contributed by atoms with Crippen molar-refractivity contribution >= 4 is 0 Å². The number of hydrogen-bond donors (Lipinski definition) is 1. The predicted molar refractivity (Wildman–Crippen MR) is 50.4 cm³/mol. The van der Waals surface area contributed by atoms with Gasteiger partial charge in [-0.2, -0.15) is 0 Å². The largest absolute Gasteiger partial charge is 0.472 e. The number of allylic oxidation sites excluding steroid dienone is 1. The second kappa shape index (κ2) is 3.38. The van der Waals surface area contributed by atoms with E-state index in [4.69, 9.17) is 4.42 Å². The van der Waals surface area contributed by atoms with Crippen LogP contribution in [-0.4, -0.2) is 10.7 Å². The van der Waals surface area contributed by atoms with E-state index in [1.165, 1.54) is 0 Å². The first kappa shape index (κ1) is 8.57. The van der Waals surface area contributed by atoms with E-state index < -0.39 is 5.60 Å². The Morgan fingerprint density at radius 3 is 3.08 bits per heavy atom. The highest BCUT2D eigenvalue weighted by atomic mass is 16.3. The summed E-state index contributed by atoms with van der Waals surface area (Å²) in [5.41, 5.74) is 0.427. The molecule has 2 nitrogen and oxygen atoms in total. The lowest BCUT2D eigenvalue weighted by Crippen LogP contribution is -2.30. The molecule has 0 fully saturated rings. The smallest absolute Gasteiger partial charge is 0.0935 e. The summed E-state index contributed by atoms with van der Waals surface area (Å²) < 4.78 is 4.97. The van der Waals surface area contributed by atoms with Crippen LogP contribution < -0.4 is 0 Å². The number of aliphatic hydroxyl groups is 1. The molecule has 0 spiro atoms. The van der Waals surface area contributed by atoms with E-state index in [2.05, 4.69) is 6.08 Å². The zero-order valence-corrected chi connectivity index (χ0v) is 7.57. The fraction of sp³-hybridized carbons (Fsp3) is 0.455. The molecule has 0 saturated heterocycles. The minimum absolute atomic E-state index is 0.637. The molecule has 1 aliphatic carbocycles. The van der Waals surface area contributed by atoms with Crippen LogP contribution in [0.1, 0.15) is 24.8 Å². The van der Waals surface area contributed by atoms with Gasteiger partial charge in [-0.25, -0.2) is 0 Å². The van der Waals surface area contributed by atoms with Crippen LogP contribution in [0.25, 0.3) is 0 Å². The molecule has 2 heteroatoms. The van der Waals surface area contributed by atoms with Gasteiger partial charge in [0.2, 0.25) is 0 Å². The predicted octanol–water partition coefficient (Wildman–Crippen LogP) is 2.29. The Bertz CT molecular complexity index is 287. The molecule has 0 radical (unpaired) electrons. The van der Waals surface area contributed by atoms with Crippen LogP contribution in [0.3, 0.4) is 0 Å². The molecule has 70 valence electrons. The van der Waals surface area contributed by atoms with Crippen molar-refractivity contribution in [3.05, 3.63) is 36.3 Å². The molecule has 1 aromatic heterocycles. The van der Waals surface area contributed by atoms with Gasteiger partial charge in [0.05, 0.1) is 18.1 Å². The normalized spacial score (nSPS) is 27.8. The monoisotopic (exact) mass is 178 g/mol. The minimum Gasteiger partial charge on any atom is -0.472 e. The third-order valence-corrected chi connectivity index (χ3v) is 2.50. The molecule has 13 heavy (non-hydrogen) atoms. The second-order valence-electron chi connectivity index (χ2n) is 3.71. The number of rotatable bonds is 2. The summed E-state index contributed by atoms with van der Waals surface area (Å²) in [6, 6.07) is 1.90. The summed E-state index contributed by atoms with van der Waals surface area (Å²) in [5, 5.41) is 10.1. The van der Waals surface area contributed by atoms with E-state index in [0.717, 1.165) is 24.8 Å². The first-order chi connectivity index (χ1) is 6.29. The summed E-state index contributed by atoms with van der Waals surface area (Å²) >= 11 is 0. The summed E-state index contributed by atoms with van der Waals surface area (Å²) in [4.78, 5) is 0. The first-order valence-electron chi connectivity index (χ1n) is 4.70. The summed E-state index contributed by atoms with van der Waals surface area (Å²) in [5.74, 6) is 0. The Hall–Kier alpha value is -1.02. The summed E-state index contributed by atoms with van der Waals surface area (Å²) in [6.07, 6.45) is 11.0. The van der Waals surface area contributed by atoms with Gasteiger partial charge in [0.25, 0.3) is 0 Å².